The van der Waals surface area contributed by atoms with E-state index in [9.17, 15) is 4.39 Å². The quantitative estimate of drug-likeness (QED) is 0.578. The lowest BCUT2D eigenvalue weighted by Gasteiger charge is -2.13. The molecule has 0 aromatic heterocycles. The molecule has 0 aliphatic rings. The summed E-state index contributed by atoms with van der Waals surface area (Å²) in [6, 6.07) is 4.82. The van der Waals surface area contributed by atoms with Crippen LogP contribution in [0.2, 0.25) is 0 Å². The number of hydrogen-bond acceptors (Lipinski definition) is 2. The van der Waals surface area contributed by atoms with E-state index in [0.717, 1.165) is 12.8 Å². The summed E-state index contributed by atoms with van der Waals surface area (Å²) < 4.78 is 19.6. The molecular formula is C18H25FO2. The molecule has 0 heterocycles. The lowest BCUT2D eigenvalue weighted by molar-refractivity contribution is 0.0443. The van der Waals surface area contributed by atoms with Gasteiger partial charge in [-0.05, 0) is 25.5 Å². The highest BCUT2D eigenvalue weighted by Crippen LogP contribution is 2.14. The summed E-state index contributed by atoms with van der Waals surface area (Å²) in [5.41, 5.74) is 1.11. The van der Waals surface area contributed by atoms with Gasteiger partial charge in [-0.2, -0.15) is 0 Å². The van der Waals surface area contributed by atoms with Gasteiger partial charge in [0.2, 0.25) is 0 Å². The number of unbranched alkanes of at least 4 members (excludes halogenated alkanes) is 3. The lowest BCUT2D eigenvalue weighted by Crippen LogP contribution is -2.09. The number of ether oxygens (including phenoxy) is 1. The molecule has 1 atom stereocenters. The highest BCUT2D eigenvalue weighted by molar-refractivity contribution is 5.36. The van der Waals surface area contributed by atoms with Crippen molar-refractivity contribution in [1.82, 2.24) is 0 Å². The van der Waals surface area contributed by atoms with E-state index in [1.807, 2.05) is 6.92 Å². The molecule has 1 aromatic rings. The SMILES string of the molecule is CCCCCCC(C)OCc1ccc(C#CCO)cc1F. The number of halogens is 1. The van der Waals surface area contributed by atoms with Crippen molar-refractivity contribution in [1.29, 1.82) is 0 Å². The summed E-state index contributed by atoms with van der Waals surface area (Å²) in [4.78, 5) is 0. The van der Waals surface area contributed by atoms with Gasteiger partial charge < -0.3 is 9.84 Å². The van der Waals surface area contributed by atoms with Crippen LogP contribution in [0.4, 0.5) is 4.39 Å². The van der Waals surface area contributed by atoms with Gasteiger partial charge in [-0.3, -0.25) is 0 Å². The van der Waals surface area contributed by atoms with E-state index in [4.69, 9.17) is 9.84 Å². The number of aliphatic hydroxyl groups excluding tert-OH is 1. The Balaban J connectivity index is 2.41. The third-order valence-corrected chi connectivity index (χ3v) is 3.35. The van der Waals surface area contributed by atoms with Gasteiger partial charge in [-0.1, -0.05) is 50.5 Å². The second kappa shape index (κ2) is 10.4. The number of rotatable bonds is 8. The Bertz CT molecular complexity index is 474. The molecule has 1 aromatic carbocycles. The Hall–Kier alpha value is -1.37. The monoisotopic (exact) mass is 292 g/mol. The Morgan fingerprint density at radius 3 is 2.76 bits per heavy atom. The number of benzene rings is 1. The Labute approximate surface area is 127 Å². The summed E-state index contributed by atoms with van der Waals surface area (Å²) in [5, 5.41) is 8.61. The van der Waals surface area contributed by atoms with Crippen LogP contribution >= 0.6 is 0 Å². The first kappa shape index (κ1) is 17.7. The van der Waals surface area contributed by atoms with Crippen LogP contribution in [0, 0.1) is 17.7 Å². The van der Waals surface area contributed by atoms with E-state index in [1.165, 1.54) is 25.3 Å². The molecule has 0 fully saturated rings. The second-order valence-electron chi connectivity index (χ2n) is 5.24. The van der Waals surface area contributed by atoms with E-state index < -0.39 is 0 Å². The first-order chi connectivity index (χ1) is 10.2. The molecule has 0 aliphatic carbocycles. The van der Waals surface area contributed by atoms with Crippen molar-refractivity contribution in [3.8, 4) is 11.8 Å². The highest BCUT2D eigenvalue weighted by atomic mass is 19.1. The lowest BCUT2D eigenvalue weighted by atomic mass is 10.1. The van der Waals surface area contributed by atoms with Crippen molar-refractivity contribution in [2.75, 3.05) is 6.61 Å². The van der Waals surface area contributed by atoms with Crippen LogP contribution in [0.3, 0.4) is 0 Å². The maximum Gasteiger partial charge on any atom is 0.129 e. The van der Waals surface area contributed by atoms with Gasteiger partial charge >= 0.3 is 0 Å². The summed E-state index contributed by atoms with van der Waals surface area (Å²) in [7, 11) is 0. The molecule has 2 nitrogen and oxygen atoms in total. The van der Waals surface area contributed by atoms with Crippen LogP contribution in [0.15, 0.2) is 18.2 Å². The van der Waals surface area contributed by atoms with Gasteiger partial charge in [-0.25, -0.2) is 4.39 Å². The van der Waals surface area contributed by atoms with Crippen molar-refractivity contribution >= 4 is 0 Å². The zero-order valence-corrected chi connectivity index (χ0v) is 13.0. The number of aliphatic hydroxyl groups is 1. The topological polar surface area (TPSA) is 29.5 Å². The predicted molar refractivity (Wildman–Crippen MR) is 83.4 cm³/mol. The van der Waals surface area contributed by atoms with Crippen molar-refractivity contribution in [3.05, 3.63) is 35.1 Å². The van der Waals surface area contributed by atoms with Crippen molar-refractivity contribution in [2.45, 2.75) is 58.7 Å². The predicted octanol–water partition coefficient (Wildman–Crippen LogP) is 4.05. The third-order valence-electron chi connectivity index (χ3n) is 3.35. The largest absolute Gasteiger partial charge is 0.384 e. The summed E-state index contributed by atoms with van der Waals surface area (Å²) in [6.45, 7) is 4.29. The van der Waals surface area contributed by atoms with E-state index >= 15 is 0 Å². The van der Waals surface area contributed by atoms with Gasteiger partial charge in [0, 0.05) is 11.1 Å². The van der Waals surface area contributed by atoms with E-state index in [1.54, 1.807) is 12.1 Å². The Kier molecular flexibility index (Phi) is 8.73. The maximum absolute atomic E-state index is 13.9. The van der Waals surface area contributed by atoms with Crippen molar-refractivity contribution in [2.24, 2.45) is 0 Å². The van der Waals surface area contributed by atoms with E-state index in [0.29, 0.717) is 11.1 Å². The van der Waals surface area contributed by atoms with Gasteiger partial charge in [0.15, 0.2) is 0 Å². The molecule has 1 rings (SSSR count). The Morgan fingerprint density at radius 2 is 2.10 bits per heavy atom. The van der Waals surface area contributed by atoms with Gasteiger partial charge in [-0.15, -0.1) is 0 Å². The molecule has 1 unspecified atom stereocenters. The minimum absolute atomic E-state index is 0.148. The zero-order valence-electron chi connectivity index (χ0n) is 13.0. The molecule has 0 spiro atoms. The highest BCUT2D eigenvalue weighted by Gasteiger charge is 2.06. The van der Waals surface area contributed by atoms with Crippen LogP contribution in [0.5, 0.6) is 0 Å². The second-order valence-corrected chi connectivity index (χ2v) is 5.24. The summed E-state index contributed by atoms with van der Waals surface area (Å²) in [6.07, 6.45) is 6.05. The number of hydrogen-bond donors (Lipinski definition) is 1. The fourth-order valence-electron chi connectivity index (χ4n) is 2.06. The van der Waals surface area contributed by atoms with Crippen LogP contribution in [-0.2, 0) is 11.3 Å². The first-order valence-electron chi connectivity index (χ1n) is 7.67. The van der Waals surface area contributed by atoms with Gasteiger partial charge in [0.05, 0.1) is 12.7 Å². The molecular weight excluding hydrogens is 267 g/mol. The normalized spacial score (nSPS) is 11.8. The van der Waals surface area contributed by atoms with Crippen molar-refractivity contribution in [3.63, 3.8) is 0 Å². The smallest absolute Gasteiger partial charge is 0.129 e. The van der Waals surface area contributed by atoms with E-state index in [2.05, 4.69) is 18.8 Å². The average Bonchev–Trinajstić information content (AvgIpc) is 2.48. The first-order valence-corrected chi connectivity index (χ1v) is 7.67. The van der Waals surface area contributed by atoms with E-state index in [-0.39, 0.29) is 25.1 Å². The van der Waals surface area contributed by atoms with Crippen LogP contribution in [0.25, 0.3) is 0 Å². The molecule has 0 saturated heterocycles. The molecule has 1 N–H and O–H groups in total. The van der Waals surface area contributed by atoms with Crippen LogP contribution < -0.4 is 0 Å². The minimum Gasteiger partial charge on any atom is -0.384 e. The molecule has 0 bridgehead atoms. The molecule has 0 aliphatic heterocycles. The molecule has 116 valence electrons. The zero-order chi connectivity index (χ0) is 15.5. The van der Waals surface area contributed by atoms with Crippen LogP contribution in [-0.4, -0.2) is 17.8 Å². The Morgan fingerprint density at radius 1 is 1.29 bits per heavy atom. The van der Waals surface area contributed by atoms with Gasteiger partial charge in [0.25, 0.3) is 0 Å². The average molecular weight is 292 g/mol. The van der Waals surface area contributed by atoms with Crippen LogP contribution in [0.1, 0.15) is 57.1 Å². The summed E-state index contributed by atoms with van der Waals surface area (Å²) in [5.74, 6) is 4.88. The molecule has 3 heteroatoms. The fourth-order valence-corrected chi connectivity index (χ4v) is 2.06. The summed E-state index contributed by atoms with van der Waals surface area (Å²) >= 11 is 0. The van der Waals surface area contributed by atoms with Gasteiger partial charge in [0.1, 0.15) is 12.4 Å². The fraction of sp³-hybridized carbons (Fsp3) is 0.556. The third kappa shape index (κ3) is 7.27. The van der Waals surface area contributed by atoms with Crippen molar-refractivity contribution < 1.29 is 14.2 Å². The minimum atomic E-state index is -0.307. The molecule has 0 amide bonds. The maximum atomic E-state index is 13.9. The molecule has 21 heavy (non-hydrogen) atoms. The molecule has 0 radical (unpaired) electrons. The standard InChI is InChI=1S/C18H25FO2/c1-3-4-5-6-8-15(2)21-14-17-11-10-16(9-7-12-20)13-18(17)19/h10-11,13,15,20H,3-6,8,12,14H2,1-2H3. The molecule has 0 saturated carbocycles.